The molecule has 1 atom stereocenters. The number of rotatable bonds is 3. The number of benzene rings is 1. The number of aromatic nitrogens is 2. The zero-order valence-corrected chi connectivity index (χ0v) is 15.4. The predicted octanol–water partition coefficient (Wildman–Crippen LogP) is 4.45. The summed E-state index contributed by atoms with van der Waals surface area (Å²) in [4.78, 5) is 24.7. The Hall–Kier alpha value is -2.27. The lowest BCUT2D eigenvalue weighted by atomic mass is 10.00. The Bertz CT molecular complexity index is 903. The minimum Gasteiger partial charge on any atom is -0.334 e. The Morgan fingerprint density at radius 2 is 2.00 bits per heavy atom. The van der Waals surface area contributed by atoms with Crippen molar-refractivity contribution in [3.63, 3.8) is 0 Å². The maximum atomic E-state index is 13.1. The summed E-state index contributed by atoms with van der Waals surface area (Å²) >= 11 is 1.57. The molecule has 0 aliphatic heterocycles. The van der Waals surface area contributed by atoms with Crippen LogP contribution in [0.15, 0.2) is 29.9 Å². The maximum absolute atomic E-state index is 13.1. The fourth-order valence-electron chi connectivity index (χ4n) is 2.82. The lowest BCUT2D eigenvalue weighted by Gasteiger charge is -2.24. The maximum Gasteiger partial charge on any atom is 0.254 e. The largest absolute Gasteiger partial charge is 0.334 e. The van der Waals surface area contributed by atoms with E-state index in [0.29, 0.717) is 5.56 Å². The van der Waals surface area contributed by atoms with Gasteiger partial charge in [-0.05, 0) is 44.9 Å². The number of nitrogens with zero attached hydrogens (tertiary/aromatic N) is 3. The molecule has 5 heteroatoms. The van der Waals surface area contributed by atoms with E-state index < -0.39 is 0 Å². The number of fused-ring (bicyclic) bond motifs is 1. The number of hydrogen-bond donors (Lipinski definition) is 0. The Labute approximate surface area is 146 Å². The van der Waals surface area contributed by atoms with Crippen molar-refractivity contribution in [2.24, 2.45) is 0 Å². The van der Waals surface area contributed by atoms with Crippen molar-refractivity contribution in [2.45, 2.75) is 33.7 Å². The molecule has 0 N–H and O–H groups in total. The third-order valence-electron chi connectivity index (χ3n) is 4.63. The first-order valence-electron chi connectivity index (χ1n) is 7.93. The van der Waals surface area contributed by atoms with Gasteiger partial charge >= 0.3 is 0 Å². The minimum absolute atomic E-state index is 0.00894. The Morgan fingerprint density at radius 1 is 1.25 bits per heavy atom. The quantitative estimate of drug-likeness (QED) is 0.708. The summed E-state index contributed by atoms with van der Waals surface area (Å²) in [5.41, 5.74) is 6.59. The number of carbonyl (C=O) groups is 1. The van der Waals surface area contributed by atoms with Crippen LogP contribution in [0.2, 0.25) is 0 Å². The van der Waals surface area contributed by atoms with Crippen LogP contribution in [0, 0.1) is 20.8 Å². The van der Waals surface area contributed by atoms with Crippen LogP contribution in [-0.4, -0.2) is 27.8 Å². The fraction of sp³-hybridized carbons (Fsp3) is 0.316. The molecule has 0 saturated carbocycles. The van der Waals surface area contributed by atoms with Gasteiger partial charge in [-0.3, -0.25) is 14.8 Å². The molecule has 3 aromatic rings. The summed E-state index contributed by atoms with van der Waals surface area (Å²) < 4.78 is 0. The van der Waals surface area contributed by atoms with Crippen LogP contribution in [0.5, 0.6) is 0 Å². The van der Waals surface area contributed by atoms with Gasteiger partial charge in [0.25, 0.3) is 5.91 Å². The summed E-state index contributed by atoms with van der Waals surface area (Å²) in [6.45, 7) is 8.09. The predicted molar refractivity (Wildman–Crippen MR) is 98.6 cm³/mol. The van der Waals surface area contributed by atoms with Crippen molar-refractivity contribution in [3.05, 3.63) is 57.2 Å². The third kappa shape index (κ3) is 2.80. The Balaban J connectivity index is 2.08. The summed E-state index contributed by atoms with van der Waals surface area (Å²) in [6.07, 6.45) is 1.82. The first-order chi connectivity index (χ1) is 11.4. The average Bonchev–Trinajstić information content (AvgIpc) is 3.10. The van der Waals surface area contributed by atoms with Gasteiger partial charge in [-0.2, -0.15) is 0 Å². The van der Waals surface area contributed by atoms with Gasteiger partial charge in [0, 0.05) is 29.2 Å². The number of carbonyl (C=O) groups excluding carboxylic acids is 1. The van der Waals surface area contributed by atoms with Crippen LogP contribution >= 0.6 is 11.3 Å². The Kier molecular flexibility index (Phi) is 4.37. The van der Waals surface area contributed by atoms with Crippen molar-refractivity contribution in [1.29, 1.82) is 0 Å². The van der Waals surface area contributed by atoms with Crippen molar-refractivity contribution in [3.8, 4) is 0 Å². The van der Waals surface area contributed by atoms with Gasteiger partial charge in [0.15, 0.2) is 0 Å². The van der Waals surface area contributed by atoms with Crippen molar-refractivity contribution < 1.29 is 4.79 Å². The lowest BCUT2D eigenvalue weighted by Crippen LogP contribution is -2.29. The third-order valence-corrected chi connectivity index (χ3v) is 5.57. The normalized spacial score (nSPS) is 12.4. The molecule has 24 heavy (non-hydrogen) atoms. The second-order valence-corrected chi connectivity index (χ2v) is 7.13. The van der Waals surface area contributed by atoms with Gasteiger partial charge in [-0.1, -0.05) is 12.1 Å². The van der Waals surface area contributed by atoms with Crippen LogP contribution in [0.3, 0.4) is 0 Å². The zero-order chi connectivity index (χ0) is 17.4. The minimum atomic E-state index is -0.0138. The van der Waals surface area contributed by atoms with E-state index >= 15 is 0 Å². The van der Waals surface area contributed by atoms with Crippen molar-refractivity contribution >= 4 is 28.1 Å². The second-order valence-electron chi connectivity index (χ2n) is 6.21. The van der Waals surface area contributed by atoms with Gasteiger partial charge in [-0.15, -0.1) is 11.3 Å². The highest BCUT2D eigenvalue weighted by Gasteiger charge is 2.22. The van der Waals surface area contributed by atoms with Crippen LogP contribution < -0.4 is 0 Å². The summed E-state index contributed by atoms with van der Waals surface area (Å²) in [6, 6.07) is 5.93. The molecule has 0 spiro atoms. The molecule has 124 valence electrons. The van der Waals surface area contributed by atoms with Crippen LogP contribution in [-0.2, 0) is 0 Å². The highest BCUT2D eigenvalue weighted by Crippen LogP contribution is 2.28. The molecule has 0 bridgehead atoms. The molecule has 4 nitrogen and oxygen atoms in total. The summed E-state index contributed by atoms with van der Waals surface area (Å²) in [5, 5.41) is 0.914. The van der Waals surface area contributed by atoms with Crippen LogP contribution in [0.25, 0.3) is 10.9 Å². The van der Waals surface area contributed by atoms with Crippen LogP contribution in [0.4, 0.5) is 0 Å². The van der Waals surface area contributed by atoms with Crippen LogP contribution in [0.1, 0.15) is 45.0 Å². The van der Waals surface area contributed by atoms with E-state index in [9.17, 15) is 4.79 Å². The molecule has 0 aliphatic carbocycles. The summed E-state index contributed by atoms with van der Waals surface area (Å²) in [5.74, 6) is 0.00894. The van der Waals surface area contributed by atoms with E-state index in [-0.39, 0.29) is 11.9 Å². The number of thiazole rings is 1. The highest BCUT2D eigenvalue weighted by atomic mass is 32.1. The molecule has 3 rings (SSSR count). The van der Waals surface area contributed by atoms with Gasteiger partial charge in [0.2, 0.25) is 0 Å². The average molecular weight is 339 g/mol. The van der Waals surface area contributed by atoms with Gasteiger partial charge in [-0.25, -0.2) is 0 Å². The number of aryl methyl sites for hydroxylation is 3. The van der Waals surface area contributed by atoms with Gasteiger partial charge in [0.1, 0.15) is 0 Å². The molecule has 0 saturated heterocycles. The standard InChI is InChI=1S/C19H21N3OS/c1-11-6-7-15-16(8-12(2)21-18(15)13(11)3)19(23)22(5)14(4)17-9-20-10-24-17/h6-10,14H,1-5H3/t14-/m0/s1. The zero-order valence-electron chi connectivity index (χ0n) is 14.6. The molecular formula is C19H21N3OS. The first-order valence-corrected chi connectivity index (χ1v) is 8.81. The smallest absolute Gasteiger partial charge is 0.254 e. The van der Waals surface area contributed by atoms with Gasteiger partial charge < -0.3 is 4.90 Å². The second kappa shape index (κ2) is 6.32. The molecule has 1 amide bonds. The van der Waals surface area contributed by atoms with E-state index in [0.717, 1.165) is 27.0 Å². The molecule has 1 aromatic carbocycles. The fourth-order valence-corrected chi connectivity index (χ4v) is 3.54. The highest BCUT2D eigenvalue weighted by molar-refractivity contribution is 7.09. The SMILES string of the molecule is Cc1cc(C(=O)N(C)[C@@H](C)c2cncs2)c2ccc(C)c(C)c2n1. The molecule has 0 fully saturated rings. The lowest BCUT2D eigenvalue weighted by molar-refractivity contribution is 0.0746. The molecule has 2 aromatic heterocycles. The molecule has 0 radical (unpaired) electrons. The summed E-state index contributed by atoms with van der Waals surface area (Å²) in [7, 11) is 1.84. The van der Waals surface area contributed by atoms with Crippen molar-refractivity contribution in [2.75, 3.05) is 7.05 Å². The van der Waals surface area contributed by atoms with E-state index in [2.05, 4.69) is 29.9 Å². The number of pyridine rings is 1. The van der Waals surface area contributed by atoms with E-state index in [1.807, 2.05) is 39.2 Å². The monoisotopic (exact) mass is 339 g/mol. The van der Waals surface area contributed by atoms with E-state index in [1.54, 1.807) is 21.7 Å². The molecular weight excluding hydrogens is 318 g/mol. The van der Waals surface area contributed by atoms with E-state index in [1.165, 1.54) is 5.56 Å². The molecule has 0 aliphatic rings. The molecule has 0 unspecified atom stereocenters. The first kappa shape index (κ1) is 16.6. The molecule has 2 heterocycles. The van der Waals surface area contributed by atoms with Gasteiger partial charge in [0.05, 0.1) is 22.6 Å². The van der Waals surface area contributed by atoms with E-state index in [4.69, 9.17) is 0 Å². The number of amides is 1. The van der Waals surface area contributed by atoms with Crippen molar-refractivity contribution in [1.82, 2.24) is 14.9 Å². The Morgan fingerprint density at radius 3 is 2.67 bits per heavy atom. The number of hydrogen-bond acceptors (Lipinski definition) is 4. The topological polar surface area (TPSA) is 46.1 Å².